The maximum atomic E-state index is 12.4. The Hall–Kier alpha value is -1.59. The van der Waals surface area contributed by atoms with E-state index in [9.17, 15) is 9.90 Å². The molecule has 106 valence electrons. The van der Waals surface area contributed by atoms with Crippen molar-refractivity contribution in [1.29, 1.82) is 0 Å². The van der Waals surface area contributed by atoms with Gasteiger partial charge in [0.25, 0.3) is 5.91 Å². The summed E-state index contributed by atoms with van der Waals surface area (Å²) in [7, 11) is 0. The minimum atomic E-state index is -0.435. The van der Waals surface area contributed by atoms with Crippen LogP contribution in [0.25, 0.3) is 10.1 Å². The summed E-state index contributed by atoms with van der Waals surface area (Å²) in [4.78, 5) is 12.9. The van der Waals surface area contributed by atoms with Crippen LogP contribution in [0.15, 0.2) is 18.2 Å². The van der Waals surface area contributed by atoms with Crippen molar-refractivity contribution in [3.63, 3.8) is 0 Å². The number of aliphatic hydroxyl groups is 1. The standard InChI is InChI=1S/C15H18N2O2S/c1-9-3-4-11-10(7-9)12(16)13(20-11)14(19)17-15(8-18)5-2-6-15/h3-4,7,18H,2,5-6,8,16H2,1H3,(H,17,19). The Morgan fingerprint density at radius 3 is 2.85 bits per heavy atom. The summed E-state index contributed by atoms with van der Waals surface area (Å²) in [5, 5.41) is 13.3. The van der Waals surface area contributed by atoms with Crippen molar-refractivity contribution in [2.24, 2.45) is 0 Å². The van der Waals surface area contributed by atoms with Gasteiger partial charge in [-0.2, -0.15) is 0 Å². The van der Waals surface area contributed by atoms with Gasteiger partial charge in [0.05, 0.1) is 17.8 Å². The van der Waals surface area contributed by atoms with E-state index in [0.717, 1.165) is 34.9 Å². The number of thiophene rings is 1. The van der Waals surface area contributed by atoms with Gasteiger partial charge in [-0.1, -0.05) is 11.6 Å². The average Bonchev–Trinajstić information content (AvgIpc) is 2.71. The Morgan fingerprint density at radius 1 is 1.50 bits per heavy atom. The van der Waals surface area contributed by atoms with Crippen molar-refractivity contribution in [2.45, 2.75) is 31.7 Å². The predicted octanol–water partition coefficient (Wildman–Crippen LogP) is 2.44. The van der Waals surface area contributed by atoms with Gasteiger partial charge in [-0.3, -0.25) is 4.79 Å². The molecular weight excluding hydrogens is 272 g/mol. The van der Waals surface area contributed by atoms with Gasteiger partial charge in [0.15, 0.2) is 0 Å². The quantitative estimate of drug-likeness (QED) is 0.812. The van der Waals surface area contributed by atoms with Gasteiger partial charge in [-0.05, 0) is 38.3 Å². The van der Waals surface area contributed by atoms with E-state index in [0.29, 0.717) is 10.6 Å². The van der Waals surface area contributed by atoms with Crippen molar-refractivity contribution in [3.8, 4) is 0 Å². The summed E-state index contributed by atoms with van der Waals surface area (Å²) in [5.41, 5.74) is 7.35. The van der Waals surface area contributed by atoms with E-state index in [2.05, 4.69) is 5.32 Å². The summed E-state index contributed by atoms with van der Waals surface area (Å²) in [6.45, 7) is 1.99. The molecule has 0 saturated heterocycles. The van der Waals surface area contributed by atoms with Crippen molar-refractivity contribution in [2.75, 3.05) is 12.3 Å². The number of anilines is 1. The number of nitrogens with one attached hydrogen (secondary N) is 1. The molecule has 0 spiro atoms. The smallest absolute Gasteiger partial charge is 0.264 e. The molecule has 5 heteroatoms. The fraction of sp³-hybridized carbons (Fsp3) is 0.400. The van der Waals surface area contributed by atoms with E-state index >= 15 is 0 Å². The molecule has 0 atom stereocenters. The van der Waals surface area contributed by atoms with Gasteiger partial charge < -0.3 is 16.2 Å². The Bertz CT molecular complexity index is 668. The number of hydrogen-bond acceptors (Lipinski definition) is 4. The van der Waals surface area contributed by atoms with Gasteiger partial charge in [0, 0.05) is 10.1 Å². The molecule has 3 rings (SSSR count). The number of aryl methyl sites for hydroxylation is 1. The van der Waals surface area contributed by atoms with Crippen LogP contribution in [0, 0.1) is 6.92 Å². The molecule has 1 heterocycles. The molecule has 0 radical (unpaired) electrons. The number of nitrogen functional groups attached to an aromatic ring is 1. The highest BCUT2D eigenvalue weighted by Gasteiger charge is 2.38. The third-order valence-electron chi connectivity index (χ3n) is 4.08. The van der Waals surface area contributed by atoms with E-state index in [-0.39, 0.29) is 12.5 Å². The largest absolute Gasteiger partial charge is 0.397 e. The summed E-state index contributed by atoms with van der Waals surface area (Å²) in [6, 6.07) is 6.01. The molecule has 1 aromatic heterocycles. The van der Waals surface area contributed by atoms with Crippen molar-refractivity contribution in [1.82, 2.24) is 5.32 Å². The zero-order valence-electron chi connectivity index (χ0n) is 11.4. The lowest BCUT2D eigenvalue weighted by Crippen LogP contribution is -2.56. The molecule has 4 nitrogen and oxygen atoms in total. The zero-order valence-corrected chi connectivity index (χ0v) is 12.2. The highest BCUT2D eigenvalue weighted by molar-refractivity contribution is 7.21. The number of benzene rings is 1. The highest BCUT2D eigenvalue weighted by atomic mass is 32.1. The first-order chi connectivity index (χ1) is 9.54. The number of hydrogen-bond donors (Lipinski definition) is 3. The number of nitrogens with two attached hydrogens (primary N) is 1. The van der Waals surface area contributed by atoms with Crippen molar-refractivity contribution < 1.29 is 9.90 Å². The van der Waals surface area contributed by atoms with Gasteiger partial charge in [-0.15, -0.1) is 11.3 Å². The zero-order chi connectivity index (χ0) is 14.3. The Labute approximate surface area is 121 Å². The number of rotatable bonds is 3. The maximum absolute atomic E-state index is 12.4. The molecule has 1 aromatic carbocycles. The first kappa shape index (κ1) is 13.4. The Kier molecular flexibility index (Phi) is 3.18. The molecule has 0 bridgehead atoms. The third-order valence-corrected chi connectivity index (χ3v) is 5.27. The number of carbonyl (C=O) groups excluding carboxylic acids is 1. The summed E-state index contributed by atoms with van der Waals surface area (Å²) in [6.07, 6.45) is 2.71. The molecule has 1 fully saturated rings. The van der Waals surface area contributed by atoms with E-state index in [1.165, 1.54) is 11.3 Å². The number of aliphatic hydroxyl groups excluding tert-OH is 1. The summed E-state index contributed by atoms with van der Waals surface area (Å²) >= 11 is 1.41. The van der Waals surface area contributed by atoms with E-state index in [1.54, 1.807) is 0 Å². The number of amides is 1. The maximum Gasteiger partial charge on any atom is 0.264 e. The lowest BCUT2D eigenvalue weighted by Gasteiger charge is -2.40. The second-order valence-electron chi connectivity index (χ2n) is 5.59. The minimum absolute atomic E-state index is 0.0113. The third kappa shape index (κ3) is 2.07. The van der Waals surface area contributed by atoms with Crippen LogP contribution in [-0.4, -0.2) is 23.2 Å². The fourth-order valence-corrected chi connectivity index (χ4v) is 3.62. The van der Waals surface area contributed by atoms with Crippen LogP contribution in [0.3, 0.4) is 0 Å². The van der Waals surface area contributed by atoms with E-state index < -0.39 is 5.54 Å². The first-order valence-electron chi connectivity index (χ1n) is 6.77. The van der Waals surface area contributed by atoms with Crippen LogP contribution in [0.2, 0.25) is 0 Å². The minimum Gasteiger partial charge on any atom is -0.397 e. The molecule has 1 saturated carbocycles. The van der Waals surface area contributed by atoms with E-state index in [1.807, 2.05) is 25.1 Å². The number of carbonyl (C=O) groups is 1. The van der Waals surface area contributed by atoms with Crippen LogP contribution >= 0.6 is 11.3 Å². The molecule has 1 aliphatic rings. The molecule has 0 aliphatic heterocycles. The van der Waals surface area contributed by atoms with Crippen LogP contribution in [0.1, 0.15) is 34.5 Å². The molecular formula is C15H18N2O2S. The molecule has 1 aliphatic carbocycles. The van der Waals surface area contributed by atoms with Crippen molar-refractivity contribution >= 4 is 33.0 Å². The van der Waals surface area contributed by atoms with Crippen LogP contribution in [-0.2, 0) is 0 Å². The molecule has 1 amide bonds. The first-order valence-corrected chi connectivity index (χ1v) is 7.58. The van der Waals surface area contributed by atoms with Gasteiger partial charge in [0.1, 0.15) is 4.88 Å². The average molecular weight is 290 g/mol. The Balaban J connectivity index is 1.93. The molecule has 4 N–H and O–H groups in total. The lowest BCUT2D eigenvalue weighted by atomic mass is 9.77. The second-order valence-corrected chi connectivity index (χ2v) is 6.64. The Morgan fingerprint density at radius 2 is 2.25 bits per heavy atom. The van der Waals surface area contributed by atoms with Crippen LogP contribution < -0.4 is 11.1 Å². The van der Waals surface area contributed by atoms with Crippen LogP contribution in [0.4, 0.5) is 5.69 Å². The normalized spacial score (nSPS) is 16.9. The predicted molar refractivity (Wildman–Crippen MR) is 82.1 cm³/mol. The topological polar surface area (TPSA) is 75.3 Å². The second kappa shape index (κ2) is 4.75. The van der Waals surface area contributed by atoms with Crippen LogP contribution in [0.5, 0.6) is 0 Å². The molecule has 0 unspecified atom stereocenters. The van der Waals surface area contributed by atoms with Gasteiger partial charge >= 0.3 is 0 Å². The number of fused-ring (bicyclic) bond motifs is 1. The molecule has 2 aromatic rings. The summed E-state index contributed by atoms with van der Waals surface area (Å²) < 4.78 is 1.02. The summed E-state index contributed by atoms with van der Waals surface area (Å²) in [5.74, 6) is -0.171. The van der Waals surface area contributed by atoms with E-state index in [4.69, 9.17) is 5.73 Å². The fourth-order valence-electron chi connectivity index (χ4n) is 2.62. The van der Waals surface area contributed by atoms with Crippen molar-refractivity contribution in [3.05, 3.63) is 28.6 Å². The lowest BCUT2D eigenvalue weighted by molar-refractivity contribution is 0.0646. The highest BCUT2D eigenvalue weighted by Crippen LogP contribution is 2.36. The monoisotopic (exact) mass is 290 g/mol. The SMILES string of the molecule is Cc1ccc2sc(C(=O)NC3(CO)CCC3)c(N)c2c1. The molecule has 20 heavy (non-hydrogen) atoms. The van der Waals surface area contributed by atoms with Gasteiger partial charge in [-0.25, -0.2) is 0 Å². The van der Waals surface area contributed by atoms with Gasteiger partial charge in [0.2, 0.25) is 0 Å².